The normalized spacial score (nSPS) is 11.2. The summed E-state index contributed by atoms with van der Waals surface area (Å²) >= 11 is 12.2. The molecule has 0 aliphatic rings. The second-order valence-electron chi connectivity index (χ2n) is 5.62. The van der Waals surface area contributed by atoms with Gasteiger partial charge >= 0.3 is 0 Å². The molecule has 0 aliphatic carbocycles. The summed E-state index contributed by atoms with van der Waals surface area (Å²) in [5, 5.41) is 0.876. The van der Waals surface area contributed by atoms with Gasteiger partial charge in [-0.3, -0.25) is 4.72 Å². The number of nitrogens with one attached hydrogen (secondary N) is 1. The molecule has 1 heterocycles. The number of hydrogen-bond donors (Lipinski definition) is 1. The Hall–Kier alpha value is -2.35. The number of ether oxygens (including phenoxy) is 1. The topological polar surface area (TPSA) is 81.2 Å². The molecule has 1 N–H and O–H groups in total. The third kappa shape index (κ3) is 4.68. The molecule has 140 valence electrons. The number of rotatable bonds is 6. The zero-order chi connectivity index (χ0) is 19.4. The van der Waals surface area contributed by atoms with Crippen LogP contribution in [0.25, 0.3) is 0 Å². The van der Waals surface area contributed by atoms with E-state index in [1.165, 1.54) is 24.5 Å². The van der Waals surface area contributed by atoms with Gasteiger partial charge < -0.3 is 4.74 Å². The maximum absolute atomic E-state index is 12.6. The van der Waals surface area contributed by atoms with E-state index in [1.54, 1.807) is 30.3 Å². The average Bonchev–Trinajstić information content (AvgIpc) is 2.63. The van der Waals surface area contributed by atoms with Gasteiger partial charge in [0, 0.05) is 28.0 Å². The molecule has 0 atom stereocenters. The van der Waals surface area contributed by atoms with Crippen LogP contribution in [-0.2, 0) is 16.6 Å². The molecular weight excluding hydrogens is 409 g/mol. The molecule has 3 aromatic rings. The Labute approximate surface area is 167 Å². The predicted molar refractivity (Wildman–Crippen MR) is 105 cm³/mol. The monoisotopic (exact) mass is 423 g/mol. The zero-order valence-corrected chi connectivity index (χ0v) is 16.5. The molecule has 0 bridgehead atoms. The van der Waals surface area contributed by atoms with Crippen LogP contribution >= 0.6 is 23.2 Å². The van der Waals surface area contributed by atoms with Gasteiger partial charge in [0.1, 0.15) is 6.61 Å². The van der Waals surface area contributed by atoms with E-state index in [0.717, 1.165) is 5.56 Å². The second-order valence-corrected chi connectivity index (χ2v) is 8.11. The third-order valence-electron chi connectivity index (χ3n) is 3.64. The van der Waals surface area contributed by atoms with Crippen LogP contribution in [0.2, 0.25) is 10.0 Å². The number of anilines is 1. The van der Waals surface area contributed by atoms with Crippen LogP contribution in [0.4, 0.5) is 5.82 Å². The van der Waals surface area contributed by atoms with Gasteiger partial charge in [-0.15, -0.1) is 0 Å². The lowest BCUT2D eigenvalue weighted by Crippen LogP contribution is -2.15. The molecule has 0 radical (unpaired) electrons. The molecule has 0 amide bonds. The second kappa shape index (κ2) is 8.12. The number of halogens is 2. The summed E-state index contributed by atoms with van der Waals surface area (Å²) in [4.78, 5) is 8.18. The first-order valence-corrected chi connectivity index (χ1v) is 10.1. The lowest BCUT2D eigenvalue weighted by atomic mass is 10.2. The molecular formula is C18H15Cl2N3O3S. The lowest BCUT2D eigenvalue weighted by molar-refractivity contribution is 0.294. The van der Waals surface area contributed by atoms with Crippen LogP contribution in [0, 0.1) is 6.92 Å². The first-order chi connectivity index (χ1) is 12.9. The van der Waals surface area contributed by atoms with Crippen molar-refractivity contribution in [2.24, 2.45) is 0 Å². The van der Waals surface area contributed by atoms with Crippen molar-refractivity contribution >= 4 is 39.0 Å². The van der Waals surface area contributed by atoms with Gasteiger partial charge in [0.05, 0.1) is 4.90 Å². The molecule has 0 saturated heterocycles. The SMILES string of the molecule is Cc1ccc(S(=O)(=O)Nc2nccnc2OCc2c(Cl)cccc2Cl)cc1. The quantitative estimate of drug-likeness (QED) is 0.632. The van der Waals surface area contributed by atoms with Crippen LogP contribution < -0.4 is 9.46 Å². The van der Waals surface area contributed by atoms with E-state index in [4.69, 9.17) is 27.9 Å². The van der Waals surface area contributed by atoms with Gasteiger partial charge in [-0.05, 0) is 31.2 Å². The van der Waals surface area contributed by atoms with Crippen LogP contribution in [0.15, 0.2) is 59.8 Å². The van der Waals surface area contributed by atoms with E-state index < -0.39 is 10.0 Å². The van der Waals surface area contributed by atoms with E-state index in [2.05, 4.69) is 14.7 Å². The first kappa shape index (κ1) is 19.4. The smallest absolute Gasteiger partial charge is 0.263 e. The van der Waals surface area contributed by atoms with Crippen LogP contribution in [-0.4, -0.2) is 18.4 Å². The largest absolute Gasteiger partial charge is 0.470 e. The minimum absolute atomic E-state index is 0.0104. The van der Waals surface area contributed by atoms with Gasteiger partial charge in [-0.1, -0.05) is 47.0 Å². The molecule has 6 nitrogen and oxygen atoms in total. The average molecular weight is 424 g/mol. The molecule has 0 spiro atoms. The first-order valence-electron chi connectivity index (χ1n) is 7.83. The van der Waals surface area contributed by atoms with Crippen molar-refractivity contribution in [3.05, 3.63) is 76.0 Å². The fourth-order valence-corrected chi connectivity index (χ4v) is 3.73. The van der Waals surface area contributed by atoms with Crippen molar-refractivity contribution < 1.29 is 13.2 Å². The molecule has 0 saturated carbocycles. The molecule has 0 aliphatic heterocycles. The summed E-state index contributed by atoms with van der Waals surface area (Å²) in [6, 6.07) is 11.5. The summed E-state index contributed by atoms with van der Waals surface area (Å²) in [7, 11) is -3.84. The number of sulfonamides is 1. The van der Waals surface area contributed by atoms with Gasteiger partial charge in [-0.2, -0.15) is 0 Å². The maximum atomic E-state index is 12.6. The lowest BCUT2D eigenvalue weighted by Gasteiger charge is -2.13. The van der Waals surface area contributed by atoms with Crippen molar-refractivity contribution in [1.29, 1.82) is 0 Å². The Bertz CT molecular complexity index is 1040. The Morgan fingerprint density at radius 3 is 2.30 bits per heavy atom. The number of hydrogen-bond acceptors (Lipinski definition) is 5. The number of aromatic nitrogens is 2. The Balaban J connectivity index is 1.83. The van der Waals surface area contributed by atoms with E-state index >= 15 is 0 Å². The number of nitrogens with zero attached hydrogens (tertiary/aromatic N) is 2. The van der Waals surface area contributed by atoms with Crippen molar-refractivity contribution in [2.45, 2.75) is 18.4 Å². The highest BCUT2D eigenvalue weighted by Gasteiger charge is 2.18. The fourth-order valence-electron chi connectivity index (χ4n) is 2.22. The van der Waals surface area contributed by atoms with Gasteiger partial charge in [-0.25, -0.2) is 18.4 Å². The van der Waals surface area contributed by atoms with E-state index in [1.807, 2.05) is 6.92 Å². The van der Waals surface area contributed by atoms with Crippen molar-refractivity contribution in [1.82, 2.24) is 9.97 Å². The number of benzene rings is 2. The molecule has 2 aromatic carbocycles. The highest BCUT2D eigenvalue weighted by molar-refractivity contribution is 7.92. The number of aryl methyl sites for hydroxylation is 1. The molecule has 0 fully saturated rings. The summed E-state index contributed by atoms with van der Waals surface area (Å²) in [5.74, 6) is -0.00887. The maximum Gasteiger partial charge on any atom is 0.263 e. The fraction of sp³-hybridized carbons (Fsp3) is 0.111. The minimum Gasteiger partial charge on any atom is -0.470 e. The van der Waals surface area contributed by atoms with Gasteiger partial charge in [0.2, 0.25) is 5.82 Å². The predicted octanol–water partition coefficient (Wildman–Crippen LogP) is 4.47. The summed E-state index contributed by atoms with van der Waals surface area (Å²) < 4.78 is 33.2. The molecule has 0 unspecified atom stereocenters. The van der Waals surface area contributed by atoms with E-state index in [9.17, 15) is 8.42 Å². The van der Waals surface area contributed by atoms with Crippen molar-refractivity contribution in [3.63, 3.8) is 0 Å². The molecule has 3 rings (SSSR count). The zero-order valence-electron chi connectivity index (χ0n) is 14.2. The summed E-state index contributed by atoms with van der Waals surface area (Å²) in [6.45, 7) is 1.88. The minimum atomic E-state index is -3.84. The summed E-state index contributed by atoms with van der Waals surface area (Å²) in [5.41, 5.74) is 1.52. The van der Waals surface area contributed by atoms with Crippen LogP contribution in [0.3, 0.4) is 0 Å². The summed E-state index contributed by atoms with van der Waals surface area (Å²) in [6.07, 6.45) is 2.76. The molecule has 1 aromatic heterocycles. The highest BCUT2D eigenvalue weighted by atomic mass is 35.5. The third-order valence-corrected chi connectivity index (χ3v) is 5.70. The van der Waals surface area contributed by atoms with Crippen molar-refractivity contribution in [3.8, 4) is 5.88 Å². The van der Waals surface area contributed by atoms with E-state index in [0.29, 0.717) is 15.6 Å². The Morgan fingerprint density at radius 1 is 1.00 bits per heavy atom. The van der Waals surface area contributed by atoms with Crippen LogP contribution in [0.1, 0.15) is 11.1 Å². The molecule has 9 heteroatoms. The standard InChI is InChI=1S/C18H15Cl2N3O3S/c1-12-5-7-13(8-6-12)27(24,25)23-17-18(22-10-9-21-17)26-11-14-15(19)3-2-4-16(14)20/h2-10H,11H2,1H3,(H,21,23). The molecule has 27 heavy (non-hydrogen) atoms. The van der Waals surface area contributed by atoms with Crippen molar-refractivity contribution in [2.75, 3.05) is 4.72 Å². The highest BCUT2D eigenvalue weighted by Crippen LogP contribution is 2.27. The Kier molecular flexibility index (Phi) is 5.84. The van der Waals surface area contributed by atoms with Gasteiger partial charge in [0.15, 0.2) is 0 Å². The van der Waals surface area contributed by atoms with E-state index in [-0.39, 0.29) is 23.2 Å². The van der Waals surface area contributed by atoms with Crippen LogP contribution in [0.5, 0.6) is 5.88 Å². The van der Waals surface area contributed by atoms with Gasteiger partial charge in [0.25, 0.3) is 15.9 Å². The Morgan fingerprint density at radius 2 is 1.63 bits per heavy atom.